The molecule has 4 N–H and O–H groups in total. The number of nitrogen functional groups attached to an aromatic ring is 1. The Bertz CT molecular complexity index is 2070. The Morgan fingerprint density at radius 3 is 2.57 bits per heavy atom. The number of nitrogens with one attached hydrogen (secondary N) is 1. The zero-order valence-electron chi connectivity index (χ0n) is 27.6. The fourth-order valence-electron chi connectivity index (χ4n) is 7.32. The van der Waals surface area contributed by atoms with Crippen molar-refractivity contribution in [2.24, 2.45) is 7.05 Å². The van der Waals surface area contributed by atoms with Crippen LogP contribution in [0.5, 0.6) is 5.75 Å². The minimum absolute atomic E-state index is 0.139. The van der Waals surface area contributed by atoms with E-state index in [1.54, 1.807) is 34.4 Å². The van der Waals surface area contributed by atoms with Gasteiger partial charge in [-0.3, -0.25) is 28.7 Å². The van der Waals surface area contributed by atoms with Crippen molar-refractivity contribution in [3.05, 3.63) is 77.0 Å². The van der Waals surface area contributed by atoms with E-state index < -0.39 is 11.9 Å². The van der Waals surface area contributed by atoms with Crippen molar-refractivity contribution in [2.75, 3.05) is 25.4 Å². The summed E-state index contributed by atoms with van der Waals surface area (Å²) >= 11 is 0. The highest BCUT2D eigenvalue weighted by molar-refractivity contribution is 6.00. The lowest BCUT2D eigenvalue weighted by atomic mass is 10.0. The van der Waals surface area contributed by atoms with E-state index in [0.29, 0.717) is 29.5 Å². The van der Waals surface area contributed by atoms with E-state index in [9.17, 15) is 19.5 Å². The molecule has 0 bridgehead atoms. The van der Waals surface area contributed by atoms with Crippen molar-refractivity contribution in [3.63, 3.8) is 0 Å². The average Bonchev–Trinajstić information content (AvgIpc) is 3.69. The second kappa shape index (κ2) is 13.7. The normalized spacial score (nSPS) is 17.5. The predicted molar refractivity (Wildman–Crippen MR) is 186 cm³/mol. The first-order chi connectivity index (χ1) is 23.8. The number of imidazole rings is 1. The third-order valence-electron chi connectivity index (χ3n) is 9.97. The number of unbranched alkanes of at least 4 members (excludes halogenated alkanes) is 2. The number of piperidine rings is 2. The van der Waals surface area contributed by atoms with Gasteiger partial charge < -0.3 is 15.7 Å². The highest BCUT2D eigenvalue weighted by Gasteiger charge is 2.31. The fourth-order valence-corrected chi connectivity index (χ4v) is 7.32. The molecule has 13 heteroatoms. The number of aromatic hydroxyl groups is 1. The van der Waals surface area contributed by atoms with Crippen LogP contribution in [0.25, 0.3) is 33.4 Å². The van der Waals surface area contributed by atoms with E-state index in [2.05, 4.69) is 31.6 Å². The molecule has 2 saturated heterocycles. The average molecular weight is 664 g/mol. The molecule has 0 spiro atoms. The highest BCUT2D eigenvalue weighted by atomic mass is 16.3. The number of amides is 2. The van der Waals surface area contributed by atoms with Gasteiger partial charge in [-0.25, -0.2) is 4.79 Å². The zero-order valence-corrected chi connectivity index (χ0v) is 27.6. The van der Waals surface area contributed by atoms with Crippen LogP contribution >= 0.6 is 0 Å². The number of likely N-dealkylation sites (tertiary alicyclic amines) is 1. The maximum absolute atomic E-state index is 13.2. The van der Waals surface area contributed by atoms with Crippen molar-refractivity contribution in [3.8, 4) is 28.1 Å². The number of imide groups is 1. The fraction of sp³-hybridized carbons (Fsp3) is 0.389. The molecule has 254 valence electrons. The summed E-state index contributed by atoms with van der Waals surface area (Å²) < 4.78 is 5.22. The summed E-state index contributed by atoms with van der Waals surface area (Å²) in [5.74, 6) is -0.249. The van der Waals surface area contributed by atoms with Crippen molar-refractivity contribution in [1.29, 1.82) is 0 Å². The molecule has 0 radical (unpaired) electrons. The van der Waals surface area contributed by atoms with Crippen LogP contribution < -0.4 is 16.7 Å². The number of carbonyl (C=O) groups is 2. The summed E-state index contributed by atoms with van der Waals surface area (Å²) in [6.45, 7) is 3.05. The van der Waals surface area contributed by atoms with E-state index >= 15 is 0 Å². The molecule has 13 nitrogen and oxygen atoms in total. The van der Waals surface area contributed by atoms with E-state index in [0.717, 1.165) is 85.9 Å². The van der Waals surface area contributed by atoms with Gasteiger partial charge in [0, 0.05) is 49.4 Å². The third kappa shape index (κ3) is 6.45. The monoisotopic (exact) mass is 663 g/mol. The molecular formula is C36H41N9O4. The predicted octanol–water partition coefficient (Wildman–Crippen LogP) is 3.98. The summed E-state index contributed by atoms with van der Waals surface area (Å²) in [6.07, 6.45) is 10.4. The first kappa shape index (κ1) is 32.3. The van der Waals surface area contributed by atoms with Crippen molar-refractivity contribution in [2.45, 2.75) is 63.5 Å². The van der Waals surface area contributed by atoms with E-state index in [1.165, 1.54) is 0 Å². The molecule has 2 amide bonds. The van der Waals surface area contributed by atoms with Gasteiger partial charge in [-0.1, -0.05) is 30.7 Å². The van der Waals surface area contributed by atoms with Gasteiger partial charge in [-0.15, -0.1) is 10.2 Å². The molecule has 2 aromatic carbocycles. The van der Waals surface area contributed by atoms with Gasteiger partial charge in [0.2, 0.25) is 11.8 Å². The van der Waals surface area contributed by atoms with E-state index in [4.69, 9.17) is 5.73 Å². The van der Waals surface area contributed by atoms with Crippen LogP contribution in [0.4, 0.5) is 5.82 Å². The van der Waals surface area contributed by atoms with Gasteiger partial charge >= 0.3 is 5.69 Å². The smallest absolute Gasteiger partial charge is 0.329 e. The summed E-state index contributed by atoms with van der Waals surface area (Å²) in [5.41, 5.74) is 11.4. The van der Waals surface area contributed by atoms with Crippen molar-refractivity contribution in [1.82, 2.24) is 39.3 Å². The Morgan fingerprint density at radius 1 is 0.959 bits per heavy atom. The van der Waals surface area contributed by atoms with E-state index in [1.807, 2.05) is 41.3 Å². The zero-order chi connectivity index (χ0) is 34.1. The van der Waals surface area contributed by atoms with Crippen LogP contribution in [0.3, 0.4) is 0 Å². The van der Waals surface area contributed by atoms with Crippen molar-refractivity contribution >= 4 is 28.7 Å². The van der Waals surface area contributed by atoms with Crippen LogP contribution in [-0.4, -0.2) is 70.6 Å². The lowest BCUT2D eigenvalue weighted by Gasteiger charge is -2.32. The second-order valence-corrected chi connectivity index (χ2v) is 13.1. The number of hydrogen-bond acceptors (Lipinski definition) is 9. The van der Waals surface area contributed by atoms with Gasteiger partial charge in [0.1, 0.15) is 11.8 Å². The maximum atomic E-state index is 13.2. The number of benzene rings is 2. The quantitative estimate of drug-likeness (QED) is 0.148. The molecular weight excluding hydrogens is 622 g/mol. The van der Waals surface area contributed by atoms with Gasteiger partial charge in [0.05, 0.1) is 29.0 Å². The number of nitrogens with two attached hydrogens (primary N) is 1. The number of aryl methyl sites for hydroxylation is 2. The van der Waals surface area contributed by atoms with Crippen LogP contribution in [0, 0.1) is 0 Å². The summed E-state index contributed by atoms with van der Waals surface area (Å²) in [7, 11) is 1.75. The SMILES string of the molecule is Cn1c(=O)n(C2CCC(=O)NC2=O)c2cccc(CCCCCN3CCC(n4cc(-c5cc(-c6ccccc6O)nnc5N)cn4)CC3)c21. The molecule has 0 saturated carbocycles. The molecule has 49 heavy (non-hydrogen) atoms. The molecule has 1 unspecified atom stereocenters. The Kier molecular flexibility index (Phi) is 9.00. The molecule has 0 aliphatic carbocycles. The number of phenolic OH excluding ortho intramolecular Hbond substituents is 1. The molecule has 2 fully saturated rings. The minimum Gasteiger partial charge on any atom is -0.507 e. The Labute approximate surface area is 283 Å². The number of aromatic nitrogens is 6. The molecule has 2 aliphatic heterocycles. The largest absolute Gasteiger partial charge is 0.507 e. The lowest BCUT2D eigenvalue weighted by molar-refractivity contribution is -0.135. The molecule has 5 aromatic rings. The van der Waals surface area contributed by atoms with Gasteiger partial charge in [-0.05, 0) is 74.9 Å². The lowest BCUT2D eigenvalue weighted by Crippen LogP contribution is -2.44. The van der Waals surface area contributed by atoms with Crippen LogP contribution in [-0.2, 0) is 23.1 Å². The third-order valence-corrected chi connectivity index (χ3v) is 9.97. The van der Waals surface area contributed by atoms with Crippen molar-refractivity contribution < 1.29 is 14.7 Å². The topological polar surface area (TPSA) is 166 Å². The molecule has 3 aromatic heterocycles. The number of carbonyl (C=O) groups excluding carboxylic acids is 2. The number of anilines is 1. The summed E-state index contributed by atoms with van der Waals surface area (Å²) in [4.78, 5) is 40.0. The standard InChI is InChI=1S/C36H41N9O4/c1-42-33-23(9-7-11-29(33)45(36(42)49)30-13-14-32(47)39-35(30)48)8-3-2-6-17-43-18-15-25(16-19-43)44-22-24(21-38-44)27-20-28(40-41-34(27)37)26-10-4-5-12-31(26)46/h4-5,7,9-12,20-22,25,30,46H,2-3,6,8,13-19H2,1H3,(H2,37,41)(H,39,47,48). The second-order valence-electron chi connectivity index (χ2n) is 13.1. The molecule has 1 atom stereocenters. The Balaban J connectivity index is 0.908. The number of fused-ring (bicyclic) bond motifs is 1. The summed E-state index contributed by atoms with van der Waals surface area (Å²) in [6, 6.07) is 14.4. The number of hydrogen-bond donors (Lipinski definition) is 3. The minimum atomic E-state index is -0.675. The van der Waals surface area contributed by atoms with Crippen LogP contribution in [0.2, 0.25) is 0 Å². The number of nitrogens with zero attached hydrogens (tertiary/aromatic N) is 7. The number of para-hydroxylation sites is 2. The molecule has 2 aliphatic rings. The van der Waals surface area contributed by atoms with Crippen LogP contribution in [0.1, 0.15) is 62.6 Å². The first-order valence-electron chi connectivity index (χ1n) is 17.0. The molecule has 7 rings (SSSR count). The maximum Gasteiger partial charge on any atom is 0.329 e. The molecule has 5 heterocycles. The Morgan fingerprint density at radius 2 is 1.78 bits per heavy atom. The Hall–Kier alpha value is -5.30. The van der Waals surface area contributed by atoms with Gasteiger partial charge in [0.25, 0.3) is 0 Å². The number of rotatable bonds is 10. The first-order valence-corrected chi connectivity index (χ1v) is 17.0. The van der Waals surface area contributed by atoms with Crippen LogP contribution in [0.15, 0.2) is 65.7 Å². The van der Waals surface area contributed by atoms with Gasteiger partial charge in [0.15, 0.2) is 5.82 Å². The number of phenols is 1. The van der Waals surface area contributed by atoms with E-state index in [-0.39, 0.29) is 23.8 Å². The highest BCUT2D eigenvalue weighted by Crippen LogP contribution is 2.33. The summed E-state index contributed by atoms with van der Waals surface area (Å²) in [5, 5.41) is 25.7. The van der Waals surface area contributed by atoms with Gasteiger partial charge in [-0.2, -0.15) is 5.10 Å².